The second kappa shape index (κ2) is 5.81. The maximum absolute atomic E-state index is 12.6. The van der Waals surface area contributed by atoms with Gasteiger partial charge in [0.2, 0.25) is 0 Å². The summed E-state index contributed by atoms with van der Waals surface area (Å²) in [5.74, 6) is 0.925. The van der Waals surface area contributed by atoms with Gasteiger partial charge in [-0.25, -0.2) is 9.50 Å². The summed E-state index contributed by atoms with van der Waals surface area (Å²) in [7, 11) is 0. The summed E-state index contributed by atoms with van der Waals surface area (Å²) in [5, 5.41) is 5.04. The van der Waals surface area contributed by atoms with Crippen LogP contribution in [-0.2, 0) is 6.42 Å². The van der Waals surface area contributed by atoms with Crippen molar-refractivity contribution in [3.8, 4) is 11.1 Å². The van der Waals surface area contributed by atoms with Gasteiger partial charge in [0.15, 0.2) is 11.4 Å². The molecule has 1 aliphatic rings. The van der Waals surface area contributed by atoms with E-state index >= 15 is 0 Å². The highest BCUT2D eigenvalue weighted by Gasteiger charge is 2.30. The van der Waals surface area contributed by atoms with E-state index in [1.54, 1.807) is 23.2 Å². The highest BCUT2D eigenvalue weighted by Crippen LogP contribution is 2.33. The molecule has 6 heteroatoms. The van der Waals surface area contributed by atoms with Crippen LogP contribution in [0.5, 0.6) is 0 Å². The fourth-order valence-corrected chi connectivity index (χ4v) is 3.75. The number of carbonyl (C=O) groups is 1. The van der Waals surface area contributed by atoms with E-state index in [0.717, 1.165) is 28.2 Å². The molecule has 3 aromatic heterocycles. The molecule has 0 N–H and O–H groups in total. The van der Waals surface area contributed by atoms with Crippen LogP contribution in [0.4, 0.5) is 0 Å². The minimum absolute atomic E-state index is 0.0255. The third-order valence-electron chi connectivity index (χ3n) is 4.83. The van der Waals surface area contributed by atoms with Gasteiger partial charge in [0.1, 0.15) is 5.76 Å². The molecule has 1 aliphatic carbocycles. The lowest BCUT2D eigenvalue weighted by atomic mass is 9.85. The van der Waals surface area contributed by atoms with Crippen LogP contribution in [0.3, 0.4) is 0 Å². The SMILES string of the molecule is O=C1CC(c2ccco2)Cc2nc3c(-c4cccc(Cl)c4)cnn3cc21. The lowest BCUT2D eigenvalue weighted by molar-refractivity contribution is 0.0958. The first-order valence-electron chi connectivity index (χ1n) is 8.39. The van der Waals surface area contributed by atoms with Crippen LogP contribution >= 0.6 is 11.6 Å². The molecule has 5 rings (SSSR count). The van der Waals surface area contributed by atoms with Crippen molar-refractivity contribution in [1.29, 1.82) is 0 Å². The summed E-state index contributed by atoms with van der Waals surface area (Å²) in [6, 6.07) is 11.4. The fourth-order valence-electron chi connectivity index (χ4n) is 3.56. The molecule has 128 valence electrons. The van der Waals surface area contributed by atoms with Crippen molar-refractivity contribution in [3.05, 3.63) is 77.1 Å². The molecule has 0 spiro atoms. The largest absolute Gasteiger partial charge is 0.469 e. The highest BCUT2D eigenvalue weighted by molar-refractivity contribution is 6.30. The van der Waals surface area contributed by atoms with Crippen molar-refractivity contribution in [2.75, 3.05) is 0 Å². The molecule has 4 aromatic rings. The number of ketones is 1. The first-order chi connectivity index (χ1) is 12.7. The van der Waals surface area contributed by atoms with Crippen molar-refractivity contribution in [2.45, 2.75) is 18.8 Å². The third kappa shape index (κ3) is 2.44. The van der Waals surface area contributed by atoms with Gasteiger partial charge in [-0.2, -0.15) is 5.10 Å². The highest BCUT2D eigenvalue weighted by atomic mass is 35.5. The fraction of sp³-hybridized carbons (Fsp3) is 0.150. The molecule has 3 heterocycles. The molecule has 0 aliphatic heterocycles. The van der Waals surface area contributed by atoms with E-state index in [1.165, 1.54) is 0 Å². The lowest BCUT2D eigenvalue weighted by Crippen LogP contribution is -2.21. The van der Waals surface area contributed by atoms with E-state index in [9.17, 15) is 4.79 Å². The smallest absolute Gasteiger partial charge is 0.167 e. The Morgan fingerprint density at radius 2 is 2.08 bits per heavy atom. The van der Waals surface area contributed by atoms with Gasteiger partial charge in [-0.05, 0) is 29.8 Å². The summed E-state index contributed by atoms with van der Waals surface area (Å²) in [6.07, 6.45) is 6.28. The molecule has 0 saturated heterocycles. The van der Waals surface area contributed by atoms with Gasteiger partial charge in [0.05, 0.1) is 23.7 Å². The van der Waals surface area contributed by atoms with Crippen molar-refractivity contribution < 1.29 is 9.21 Å². The Kier molecular flexibility index (Phi) is 3.43. The quantitative estimate of drug-likeness (QED) is 0.524. The van der Waals surface area contributed by atoms with E-state index in [0.29, 0.717) is 23.4 Å². The number of fused-ring (bicyclic) bond motifs is 2. The van der Waals surface area contributed by atoms with Crippen molar-refractivity contribution in [2.24, 2.45) is 0 Å². The Balaban J connectivity index is 1.63. The number of hydrogen-bond acceptors (Lipinski definition) is 4. The Morgan fingerprint density at radius 1 is 1.15 bits per heavy atom. The summed E-state index contributed by atoms with van der Waals surface area (Å²) < 4.78 is 7.17. The number of halogens is 1. The molecule has 1 atom stereocenters. The van der Waals surface area contributed by atoms with Crippen molar-refractivity contribution >= 4 is 23.0 Å². The minimum Gasteiger partial charge on any atom is -0.469 e. The van der Waals surface area contributed by atoms with Gasteiger partial charge in [0.25, 0.3) is 0 Å². The number of carbonyl (C=O) groups excluding carboxylic acids is 1. The first-order valence-corrected chi connectivity index (χ1v) is 8.76. The number of nitrogens with zero attached hydrogens (tertiary/aromatic N) is 3. The molecule has 5 nitrogen and oxygen atoms in total. The number of rotatable bonds is 2. The molecular formula is C20H14ClN3O2. The number of Topliss-reactive ketones (excluding diaryl/α,β-unsaturated/α-hetero) is 1. The van der Waals surface area contributed by atoms with Crippen LogP contribution in [0.1, 0.15) is 34.2 Å². The van der Waals surface area contributed by atoms with Crippen LogP contribution < -0.4 is 0 Å². The van der Waals surface area contributed by atoms with Gasteiger partial charge in [-0.3, -0.25) is 4.79 Å². The van der Waals surface area contributed by atoms with Crippen LogP contribution in [0.15, 0.2) is 59.5 Å². The topological polar surface area (TPSA) is 60.4 Å². The van der Waals surface area contributed by atoms with E-state index < -0.39 is 0 Å². The second-order valence-corrected chi connectivity index (χ2v) is 6.92. The van der Waals surface area contributed by atoms with Crippen molar-refractivity contribution in [3.63, 3.8) is 0 Å². The molecule has 26 heavy (non-hydrogen) atoms. The van der Waals surface area contributed by atoms with E-state index in [2.05, 4.69) is 5.10 Å². The van der Waals surface area contributed by atoms with E-state index in [1.807, 2.05) is 36.4 Å². The van der Waals surface area contributed by atoms with E-state index in [-0.39, 0.29) is 11.7 Å². The molecule has 0 fully saturated rings. The predicted molar refractivity (Wildman–Crippen MR) is 97.5 cm³/mol. The predicted octanol–water partition coefficient (Wildman–Crippen LogP) is 4.56. The maximum Gasteiger partial charge on any atom is 0.167 e. The van der Waals surface area contributed by atoms with Gasteiger partial charge in [-0.15, -0.1) is 0 Å². The first kappa shape index (κ1) is 15.3. The number of hydrogen-bond donors (Lipinski definition) is 0. The Morgan fingerprint density at radius 3 is 2.88 bits per heavy atom. The summed E-state index contributed by atoms with van der Waals surface area (Å²) in [4.78, 5) is 17.4. The summed E-state index contributed by atoms with van der Waals surface area (Å²) in [5.41, 5.74) is 3.99. The van der Waals surface area contributed by atoms with Gasteiger partial charge >= 0.3 is 0 Å². The lowest BCUT2D eigenvalue weighted by Gasteiger charge is -2.21. The molecule has 0 saturated carbocycles. The minimum atomic E-state index is 0.0255. The van der Waals surface area contributed by atoms with Gasteiger partial charge in [-0.1, -0.05) is 23.7 Å². The number of aromatic nitrogens is 3. The van der Waals surface area contributed by atoms with Gasteiger partial charge < -0.3 is 4.42 Å². The molecule has 1 unspecified atom stereocenters. The molecule has 0 amide bonds. The van der Waals surface area contributed by atoms with Crippen LogP contribution in [0.2, 0.25) is 5.02 Å². The molecule has 0 bridgehead atoms. The molecule has 1 aromatic carbocycles. The third-order valence-corrected chi connectivity index (χ3v) is 5.06. The molecule has 0 radical (unpaired) electrons. The van der Waals surface area contributed by atoms with E-state index in [4.69, 9.17) is 21.0 Å². The average molecular weight is 364 g/mol. The zero-order valence-corrected chi connectivity index (χ0v) is 14.5. The Hall–Kier alpha value is -2.92. The Bertz CT molecular complexity index is 1130. The summed E-state index contributed by atoms with van der Waals surface area (Å²) in [6.45, 7) is 0. The molecular weight excluding hydrogens is 350 g/mol. The van der Waals surface area contributed by atoms with Crippen LogP contribution in [-0.4, -0.2) is 20.4 Å². The van der Waals surface area contributed by atoms with Crippen LogP contribution in [0.25, 0.3) is 16.8 Å². The monoisotopic (exact) mass is 363 g/mol. The van der Waals surface area contributed by atoms with Gasteiger partial charge in [0, 0.05) is 35.5 Å². The van der Waals surface area contributed by atoms with Crippen molar-refractivity contribution in [1.82, 2.24) is 14.6 Å². The maximum atomic E-state index is 12.6. The number of furan rings is 1. The normalized spacial score (nSPS) is 16.8. The van der Waals surface area contributed by atoms with Crippen LogP contribution in [0, 0.1) is 0 Å². The Labute approximate surface area is 154 Å². The summed E-state index contributed by atoms with van der Waals surface area (Å²) >= 11 is 6.12. The number of benzene rings is 1. The standard InChI is InChI=1S/C20H14ClN3O2/c21-14-4-1-3-12(7-14)15-10-22-24-11-16-17(23-20(15)24)8-13(9-18(16)25)19-5-2-6-26-19/h1-7,10-11,13H,8-9H2. The average Bonchev–Trinajstić information content (AvgIpc) is 3.30. The zero-order valence-electron chi connectivity index (χ0n) is 13.7. The second-order valence-electron chi connectivity index (χ2n) is 6.48. The zero-order chi connectivity index (χ0) is 17.7.